The minimum Gasteiger partial charge on any atom is -0.507 e. The van der Waals surface area contributed by atoms with E-state index in [1.165, 1.54) is 80.7 Å². The van der Waals surface area contributed by atoms with Gasteiger partial charge in [-0.1, -0.05) is 66.7 Å². The average molecular weight is 1470 g/mol. The molecule has 21 N–H and O–H groups in total. The van der Waals surface area contributed by atoms with Gasteiger partial charge in [0.05, 0.1) is 67.2 Å². The summed E-state index contributed by atoms with van der Waals surface area (Å²) in [5.41, 5.74) is 3.33. The number of aliphatic hydroxyl groups is 7. The molecule has 0 saturated carbocycles. The molecule has 2 aromatic rings. The molecule has 4 heterocycles. The number of amides is 9. The van der Waals surface area contributed by atoms with Gasteiger partial charge in [-0.05, 0) is 39.7 Å². The first-order valence-corrected chi connectivity index (χ1v) is 33.5. The van der Waals surface area contributed by atoms with Crippen molar-refractivity contribution in [1.82, 2.24) is 37.2 Å². The van der Waals surface area contributed by atoms with Crippen LogP contribution in [0.15, 0.2) is 36.1 Å². The fourth-order valence-corrected chi connectivity index (χ4v) is 12.0. The smallest absolute Gasteiger partial charge is 0.312 e. The number of hydrogen-bond acceptors (Lipinski definition) is 27. The number of Topliss-reactive ketones (excluding diaryl/α,β-unsaturated/α-hetero) is 2. The van der Waals surface area contributed by atoms with Gasteiger partial charge in [-0.2, -0.15) is 0 Å². The molecule has 36 nitrogen and oxygen atoms in total. The van der Waals surface area contributed by atoms with Gasteiger partial charge in [0.1, 0.15) is 71.1 Å². The van der Waals surface area contributed by atoms with Gasteiger partial charge in [0, 0.05) is 86.1 Å². The number of fused-ring (bicyclic) bond motifs is 14. The maximum Gasteiger partial charge on any atom is 0.312 e. The number of anilines is 2. The van der Waals surface area contributed by atoms with Crippen LogP contribution in [0.2, 0.25) is 0 Å². The van der Waals surface area contributed by atoms with Crippen molar-refractivity contribution in [1.29, 1.82) is 0 Å². The second kappa shape index (κ2) is 36.2. The number of hydrogen-bond donors (Lipinski definition) is 20. The average Bonchev–Trinajstić information content (AvgIpc) is 1.48. The summed E-state index contributed by atoms with van der Waals surface area (Å²) in [6, 6.07) is -9.49. The molecule has 0 radical (unpaired) electrons. The van der Waals surface area contributed by atoms with Crippen LogP contribution in [0.5, 0.6) is 23.0 Å². The lowest BCUT2D eigenvalue weighted by Gasteiger charge is -2.38. The fourth-order valence-electron chi connectivity index (χ4n) is 12.0. The molecule has 104 heavy (non-hydrogen) atoms. The van der Waals surface area contributed by atoms with Crippen molar-refractivity contribution in [3.8, 4) is 23.0 Å². The maximum atomic E-state index is 14.9. The van der Waals surface area contributed by atoms with Gasteiger partial charge in [-0.15, -0.1) is 0 Å². The predicted octanol–water partition coefficient (Wildman–Crippen LogP) is -3.34. The molecular weight excluding hydrogens is 1370 g/mol. The van der Waals surface area contributed by atoms with Gasteiger partial charge < -0.3 is 124 Å². The largest absolute Gasteiger partial charge is 0.507 e. The number of primary amides is 1. The summed E-state index contributed by atoms with van der Waals surface area (Å²) >= 11 is 0. The minimum atomic E-state index is -2.55. The van der Waals surface area contributed by atoms with Gasteiger partial charge in [0.2, 0.25) is 41.4 Å². The number of phenolic OH excluding ortho intramolecular Hbond substituents is 3. The summed E-state index contributed by atoms with van der Waals surface area (Å²) in [4.78, 5) is 164. The molecule has 9 amide bonds. The normalized spacial score (nSPS) is 30.4. The van der Waals surface area contributed by atoms with Gasteiger partial charge in [-0.3, -0.25) is 57.5 Å². The van der Waals surface area contributed by atoms with E-state index in [0.717, 1.165) is 13.2 Å². The monoisotopic (exact) mass is 1470 g/mol. The van der Waals surface area contributed by atoms with Crippen LogP contribution in [0.1, 0.15) is 105 Å². The highest BCUT2D eigenvalue weighted by atomic mass is 16.7. The molecule has 1 fully saturated rings. The summed E-state index contributed by atoms with van der Waals surface area (Å²) in [5, 5.41) is 133. The first kappa shape index (κ1) is 85.1. The Kier molecular flexibility index (Phi) is 29.6. The highest BCUT2D eigenvalue weighted by Crippen LogP contribution is 2.57. The molecule has 0 aromatic heterocycles. The zero-order valence-electron chi connectivity index (χ0n) is 60.1. The van der Waals surface area contributed by atoms with Crippen molar-refractivity contribution in [2.24, 2.45) is 47.2 Å². The molecule has 36 heteroatoms. The van der Waals surface area contributed by atoms with Gasteiger partial charge in [0.25, 0.3) is 17.6 Å². The molecule has 2 aromatic carbocycles. The van der Waals surface area contributed by atoms with Crippen LogP contribution in [0, 0.1) is 48.3 Å². The van der Waals surface area contributed by atoms with Crippen molar-refractivity contribution < 1.29 is 128 Å². The number of rotatable bonds is 14. The van der Waals surface area contributed by atoms with Gasteiger partial charge in [0.15, 0.2) is 17.6 Å². The van der Waals surface area contributed by atoms with Crippen molar-refractivity contribution in [3.63, 3.8) is 0 Å². The van der Waals surface area contributed by atoms with Crippen LogP contribution >= 0.6 is 0 Å². The zero-order chi connectivity index (χ0) is 78.6. The number of carbonyl (C=O) groups is 12. The Labute approximate surface area is 598 Å². The van der Waals surface area contributed by atoms with E-state index in [-0.39, 0.29) is 16.9 Å². The molecule has 6 rings (SSSR count). The lowest BCUT2D eigenvalue weighted by atomic mass is 9.78. The number of methoxy groups -OCH3 is 1. The third-order valence-corrected chi connectivity index (χ3v) is 18.9. The van der Waals surface area contributed by atoms with E-state index in [0.29, 0.717) is 0 Å². The highest BCUT2D eigenvalue weighted by Gasteiger charge is 2.51. The van der Waals surface area contributed by atoms with E-state index in [1.54, 1.807) is 33.8 Å². The van der Waals surface area contributed by atoms with Crippen molar-refractivity contribution in [2.45, 2.75) is 181 Å². The van der Waals surface area contributed by atoms with Crippen LogP contribution in [0.3, 0.4) is 0 Å². The summed E-state index contributed by atoms with van der Waals surface area (Å²) in [7, 11) is 1.35. The van der Waals surface area contributed by atoms with E-state index in [1.807, 2.05) is 5.32 Å². The summed E-state index contributed by atoms with van der Waals surface area (Å²) < 4.78 is 23.7. The zero-order valence-corrected chi connectivity index (χ0v) is 60.1. The Bertz CT molecular complexity index is 3690. The summed E-state index contributed by atoms with van der Waals surface area (Å²) in [6.07, 6.45) is -7.66. The van der Waals surface area contributed by atoms with Crippen molar-refractivity contribution >= 4 is 92.8 Å². The number of ether oxygens (including phenoxy) is 4. The third-order valence-electron chi connectivity index (χ3n) is 18.9. The second-order valence-electron chi connectivity index (χ2n) is 27.0. The highest BCUT2D eigenvalue weighted by molar-refractivity contribution is 6.24. The van der Waals surface area contributed by atoms with Crippen molar-refractivity contribution in [3.05, 3.63) is 47.3 Å². The SMILES string of the molecule is CO[C@H]1/C=C/O[C@@]2(C)Oc3c(C)c(O)c4c(O)c(c(NC(C)C(C)C(=O)NCC5NC(=O)CNC(=O)C(O)CNC(=O)C(C(C)O)NC(=O)C(C(O)C(O)C(N)=O)NC(=O)C(C(C)C)CC(=O)C(CO)NC5=O)c(O)c4c3C2=O)NC(=O)/C(C)=C\C=C\[C@H](C)[C@H](O)[C@@H](C)[C@@H](O)[C@@H](C)[C@H](OC(C)=O)[C@@H]1C. The summed E-state index contributed by atoms with van der Waals surface area (Å²) in [6.45, 7) is 14.1. The minimum absolute atomic E-state index is 0.0609. The number of phenols is 3. The Balaban J connectivity index is 1.57. The predicted molar refractivity (Wildman–Crippen MR) is 367 cm³/mol. The van der Waals surface area contributed by atoms with Crippen LogP contribution in [0.4, 0.5) is 11.4 Å². The molecule has 5 bridgehead atoms. The lowest BCUT2D eigenvalue weighted by Crippen LogP contribution is -2.63. The molecule has 1 saturated heterocycles. The van der Waals surface area contributed by atoms with E-state index in [4.69, 9.17) is 24.7 Å². The Morgan fingerprint density at radius 3 is 1.98 bits per heavy atom. The Morgan fingerprint density at radius 2 is 1.39 bits per heavy atom. The van der Waals surface area contributed by atoms with Gasteiger partial charge in [-0.25, -0.2) is 0 Å². The summed E-state index contributed by atoms with van der Waals surface area (Å²) in [5.74, 6) is -26.1. The van der Waals surface area contributed by atoms with Crippen LogP contribution < -0.4 is 58.3 Å². The number of benzene rings is 2. The van der Waals surface area contributed by atoms with E-state index in [9.17, 15) is 109 Å². The topological polar surface area (TPSA) is 578 Å². The standard InChI is InChI=1S/C68H98N10O26/c1-25(2)36-20-39(82)38(24-79)75-64(97)37(74-42(84)23-72-65(98)40(83)22-71-66(99)46(34(11)80)76-67(100)49(78-63(36)96)55(90)56(91)60(69)93)21-70-62(95)28(5)33(10)73-47-48-54(89)44-43(53(47)88)45-58(32(9)52(44)87)104-68(13,59(45)92)102-19-18-41(101-14)29(6)57(103-35(12)81)31(8)51(86)30(7)50(85)26(3)16-15-17-27(4)61(94)77-48/h15-19,25-26,28-31,33-34,36-38,40-41,46,49-51,55-57,73,79-80,83,85-91H,20-24H2,1-14H3,(H2,69,93)(H,70,95)(H,71,99)(H,72,98)(H,74,84)(H,75,97)(H,76,100)(H,77,94)(H,78,96)/b16-15+,19-18+,27-17-/t26-,28?,29+,30+,31+,33?,34?,36?,37?,38?,40?,41-,46?,49?,50-,51+,55?,56?,57+,68-/m0/s1. The molecule has 11 unspecified atom stereocenters. The number of esters is 1. The number of nitrogens with two attached hydrogens (primary N) is 1. The third kappa shape index (κ3) is 19.8. The fraction of sp³-hybridized carbons (Fsp3) is 0.588. The number of β-amino-alcohol motifs (C(OH)–C–C–N with tert-alkyl or cyclic N) is 1. The first-order valence-electron chi connectivity index (χ1n) is 33.5. The molecule has 20 atom stereocenters. The number of allylic oxidation sites excluding steroid dienone is 2. The quantitative estimate of drug-likeness (QED) is 0.0500. The lowest BCUT2D eigenvalue weighted by molar-refractivity contribution is -0.160. The van der Waals surface area contributed by atoms with E-state index < -0.39 is 275 Å². The van der Waals surface area contributed by atoms with Crippen LogP contribution in [0.25, 0.3) is 10.8 Å². The second-order valence-corrected chi connectivity index (χ2v) is 27.0. The van der Waals surface area contributed by atoms with E-state index >= 15 is 0 Å². The first-order chi connectivity index (χ1) is 48.5. The number of aromatic hydroxyl groups is 3. The number of aliphatic hydroxyl groups excluding tert-OH is 7. The Hall–Kier alpha value is -9.56. The number of ketones is 2. The van der Waals surface area contributed by atoms with Gasteiger partial charge >= 0.3 is 11.8 Å². The number of nitrogens with one attached hydrogen (secondary N) is 9. The molecule has 4 aliphatic rings. The van der Waals surface area contributed by atoms with Crippen LogP contribution in [-0.2, 0) is 67.0 Å². The molecule has 0 aliphatic carbocycles. The molecule has 4 aliphatic heterocycles. The molecule has 0 spiro atoms. The number of carbonyl (C=O) groups excluding carboxylic acids is 12. The van der Waals surface area contributed by atoms with E-state index in [2.05, 4.69) is 42.5 Å². The Morgan fingerprint density at radius 1 is 0.760 bits per heavy atom. The van der Waals surface area contributed by atoms with Crippen molar-refractivity contribution in [2.75, 3.05) is 44.0 Å². The molecule has 576 valence electrons. The van der Waals surface area contributed by atoms with Crippen LogP contribution in [-0.4, -0.2) is 240 Å². The molecular formula is C68H98N10O26. The maximum absolute atomic E-state index is 14.9.